The van der Waals surface area contributed by atoms with Crippen LogP contribution in [0.1, 0.15) is 43.7 Å². The average molecular weight is 288 g/mol. The maximum Gasteiger partial charge on any atom is 0.106 e. The fraction of sp³-hybridized carbons (Fsp3) is 0.588. The first-order valence-corrected chi connectivity index (χ1v) is 8.20. The molecule has 2 heterocycles. The molecule has 20 heavy (non-hydrogen) atoms. The molecule has 1 saturated heterocycles. The Morgan fingerprint density at radius 3 is 2.75 bits per heavy atom. The normalized spacial score (nSPS) is 26.9. The van der Waals surface area contributed by atoms with Gasteiger partial charge in [0, 0.05) is 17.5 Å². The molecule has 1 aromatic carbocycles. The van der Waals surface area contributed by atoms with Gasteiger partial charge in [-0.1, -0.05) is 49.8 Å². The molecule has 0 spiro atoms. The van der Waals surface area contributed by atoms with E-state index < -0.39 is 0 Å². The van der Waals surface area contributed by atoms with Gasteiger partial charge < -0.3 is 10.2 Å². The van der Waals surface area contributed by atoms with Crippen LogP contribution in [-0.2, 0) is 5.41 Å². The molecule has 3 heteroatoms. The fourth-order valence-electron chi connectivity index (χ4n) is 3.48. The number of fused-ring (bicyclic) bond motifs is 1. The summed E-state index contributed by atoms with van der Waals surface area (Å²) in [6.07, 6.45) is 5.36. The number of likely N-dealkylation sites (tertiary alicyclic amines) is 1. The summed E-state index contributed by atoms with van der Waals surface area (Å²) in [5.74, 6) is 0. The minimum atomic E-state index is 0.205. The summed E-state index contributed by atoms with van der Waals surface area (Å²) >= 11 is 5.45. The number of nitrogens with zero attached hydrogens (tertiary/aromatic N) is 1. The average Bonchev–Trinajstić information content (AvgIpc) is 2.51. The van der Waals surface area contributed by atoms with E-state index in [-0.39, 0.29) is 5.41 Å². The number of hydrogen-bond acceptors (Lipinski definition) is 2. The standard InChI is InChI=1S/C17H24N2S/c1-17(9-12-19-10-5-2-6-11-19)13-18-16(20)14-7-3-4-8-15(14)17/h3-4,7-8H,2,5-6,9-13H2,1H3,(H,18,20). The van der Waals surface area contributed by atoms with Crippen LogP contribution in [0.4, 0.5) is 0 Å². The Bertz CT molecular complexity index is 494. The highest BCUT2D eigenvalue weighted by atomic mass is 32.1. The Hall–Kier alpha value is -0.930. The molecule has 108 valence electrons. The van der Waals surface area contributed by atoms with Gasteiger partial charge in [-0.25, -0.2) is 0 Å². The van der Waals surface area contributed by atoms with Crippen molar-refractivity contribution in [2.24, 2.45) is 0 Å². The molecule has 0 aliphatic carbocycles. The number of nitrogens with one attached hydrogen (secondary N) is 1. The Morgan fingerprint density at radius 1 is 1.20 bits per heavy atom. The quantitative estimate of drug-likeness (QED) is 0.861. The summed E-state index contributed by atoms with van der Waals surface area (Å²) in [6.45, 7) is 7.12. The molecule has 0 saturated carbocycles. The lowest BCUT2D eigenvalue weighted by Gasteiger charge is -2.39. The van der Waals surface area contributed by atoms with Crippen LogP contribution in [0.3, 0.4) is 0 Å². The van der Waals surface area contributed by atoms with E-state index >= 15 is 0 Å². The summed E-state index contributed by atoms with van der Waals surface area (Å²) in [5.41, 5.74) is 2.87. The minimum absolute atomic E-state index is 0.205. The van der Waals surface area contributed by atoms with E-state index in [0.717, 1.165) is 11.5 Å². The second kappa shape index (κ2) is 5.82. The zero-order valence-corrected chi connectivity index (χ0v) is 13.1. The van der Waals surface area contributed by atoms with E-state index in [0.29, 0.717) is 0 Å². The van der Waals surface area contributed by atoms with Crippen molar-refractivity contribution in [2.45, 2.75) is 38.0 Å². The third kappa shape index (κ3) is 2.75. The maximum absolute atomic E-state index is 5.45. The van der Waals surface area contributed by atoms with E-state index in [1.54, 1.807) is 0 Å². The van der Waals surface area contributed by atoms with Crippen molar-refractivity contribution in [3.63, 3.8) is 0 Å². The second-order valence-electron chi connectivity index (χ2n) is 6.44. The molecule has 2 aliphatic rings. The fourth-order valence-corrected chi connectivity index (χ4v) is 3.73. The first-order valence-electron chi connectivity index (χ1n) is 7.79. The van der Waals surface area contributed by atoms with Gasteiger partial charge in [0.1, 0.15) is 4.99 Å². The van der Waals surface area contributed by atoms with Gasteiger partial charge in [-0.2, -0.15) is 0 Å². The van der Waals surface area contributed by atoms with E-state index in [9.17, 15) is 0 Å². The van der Waals surface area contributed by atoms with Crippen LogP contribution in [0.15, 0.2) is 24.3 Å². The zero-order valence-electron chi connectivity index (χ0n) is 12.3. The van der Waals surface area contributed by atoms with E-state index in [1.807, 2.05) is 0 Å². The number of benzene rings is 1. The van der Waals surface area contributed by atoms with Crippen LogP contribution >= 0.6 is 12.2 Å². The van der Waals surface area contributed by atoms with Crippen LogP contribution < -0.4 is 5.32 Å². The van der Waals surface area contributed by atoms with Gasteiger partial charge in [-0.3, -0.25) is 0 Å². The van der Waals surface area contributed by atoms with Gasteiger partial charge in [-0.15, -0.1) is 0 Å². The summed E-state index contributed by atoms with van der Waals surface area (Å²) in [4.78, 5) is 3.54. The topological polar surface area (TPSA) is 15.3 Å². The van der Waals surface area contributed by atoms with Gasteiger partial charge in [0.05, 0.1) is 0 Å². The van der Waals surface area contributed by atoms with Crippen LogP contribution in [0.25, 0.3) is 0 Å². The molecule has 0 bridgehead atoms. The predicted octanol–water partition coefficient (Wildman–Crippen LogP) is 3.10. The van der Waals surface area contributed by atoms with Gasteiger partial charge >= 0.3 is 0 Å². The first kappa shape index (κ1) is 14.0. The molecule has 1 fully saturated rings. The molecule has 0 aromatic heterocycles. The molecular formula is C17H24N2S. The predicted molar refractivity (Wildman–Crippen MR) is 88.4 cm³/mol. The second-order valence-corrected chi connectivity index (χ2v) is 6.85. The maximum atomic E-state index is 5.45. The lowest BCUT2D eigenvalue weighted by atomic mass is 9.75. The van der Waals surface area contributed by atoms with E-state index in [4.69, 9.17) is 12.2 Å². The van der Waals surface area contributed by atoms with Gasteiger partial charge in [0.25, 0.3) is 0 Å². The summed E-state index contributed by atoms with van der Waals surface area (Å²) < 4.78 is 0. The van der Waals surface area contributed by atoms with Crippen molar-refractivity contribution >= 4 is 17.2 Å². The van der Waals surface area contributed by atoms with E-state index in [2.05, 4.69) is 41.4 Å². The van der Waals surface area contributed by atoms with Crippen molar-refractivity contribution in [2.75, 3.05) is 26.2 Å². The highest BCUT2D eigenvalue weighted by Gasteiger charge is 2.33. The number of piperidine rings is 1. The summed E-state index contributed by atoms with van der Waals surface area (Å²) in [7, 11) is 0. The third-order valence-corrected chi connectivity index (χ3v) is 5.25. The lowest BCUT2D eigenvalue weighted by molar-refractivity contribution is 0.206. The highest BCUT2D eigenvalue weighted by molar-refractivity contribution is 7.80. The Kier molecular flexibility index (Phi) is 4.08. The van der Waals surface area contributed by atoms with Crippen LogP contribution in [-0.4, -0.2) is 36.1 Å². The number of thiocarbonyl (C=S) groups is 1. The van der Waals surface area contributed by atoms with Gasteiger partial charge in [0.15, 0.2) is 0 Å². The summed E-state index contributed by atoms with van der Waals surface area (Å²) in [5, 5.41) is 3.43. The monoisotopic (exact) mass is 288 g/mol. The smallest absolute Gasteiger partial charge is 0.106 e. The zero-order chi connectivity index (χ0) is 14.0. The number of hydrogen-bond donors (Lipinski definition) is 1. The molecule has 1 aromatic rings. The molecular weight excluding hydrogens is 264 g/mol. The lowest BCUT2D eigenvalue weighted by Crippen LogP contribution is -2.46. The molecule has 0 amide bonds. The Labute approximate surface area is 127 Å². The number of rotatable bonds is 3. The molecule has 1 atom stereocenters. The van der Waals surface area contributed by atoms with Crippen molar-refractivity contribution in [3.8, 4) is 0 Å². The van der Waals surface area contributed by atoms with Gasteiger partial charge in [-0.05, 0) is 44.5 Å². The Morgan fingerprint density at radius 2 is 1.95 bits per heavy atom. The molecule has 2 aliphatic heterocycles. The molecule has 1 N–H and O–H groups in total. The van der Waals surface area contributed by atoms with Gasteiger partial charge in [0.2, 0.25) is 0 Å². The van der Waals surface area contributed by atoms with Crippen LogP contribution in [0.2, 0.25) is 0 Å². The third-order valence-electron chi connectivity index (χ3n) is 4.89. The van der Waals surface area contributed by atoms with Crippen molar-refractivity contribution < 1.29 is 0 Å². The highest BCUT2D eigenvalue weighted by Crippen LogP contribution is 2.33. The van der Waals surface area contributed by atoms with Crippen LogP contribution in [0, 0.1) is 0 Å². The molecule has 0 radical (unpaired) electrons. The first-order chi connectivity index (χ1) is 9.69. The molecule has 1 unspecified atom stereocenters. The SMILES string of the molecule is CC1(CCN2CCCCC2)CNC(=S)c2ccccc21. The molecule has 3 rings (SSSR count). The van der Waals surface area contributed by atoms with Crippen molar-refractivity contribution in [1.82, 2.24) is 10.2 Å². The van der Waals surface area contributed by atoms with Crippen molar-refractivity contribution in [3.05, 3.63) is 35.4 Å². The minimum Gasteiger partial charge on any atom is -0.375 e. The summed E-state index contributed by atoms with van der Waals surface area (Å²) in [6, 6.07) is 8.65. The van der Waals surface area contributed by atoms with E-state index in [1.165, 1.54) is 56.4 Å². The largest absolute Gasteiger partial charge is 0.375 e. The molecule has 2 nitrogen and oxygen atoms in total. The van der Waals surface area contributed by atoms with Crippen LogP contribution in [0.5, 0.6) is 0 Å². The van der Waals surface area contributed by atoms with Crippen molar-refractivity contribution in [1.29, 1.82) is 0 Å². The Balaban J connectivity index is 1.74.